The van der Waals surface area contributed by atoms with Gasteiger partial charge in [0.15, 0.2) is 10.6 Å². The molecule has 2 aromatic heterocycles. The molecule has 22 heavy (non-hydrogen) atoms. The highest BCUT2D eigenvalue weighted by Gasteiger charge is 2.10. The SMILES string of the molecule is S=c1[nH]nc(COc2ccc(Cl)cc2Cl)n1Cc1ccco1. The lowest BCUT2D eigenvalue weighted by atomic mass is 10.3. The van der Waals surface area contributed by atoms with Crippen LogP contribution in [0.15, 0.2) is 41.0 Å². The largest absolute Gasteiger partial charge is 0.484 e. The lowest BCUT2D eigenvalue weighted by Crippen LogP contribution is -2.08. The molecule has 0 saturated heterocycles. The molecule has 0 amide bonds. The van der Waals surface area contributed by atoms with Crippen molar-refractivity contribution < 1.29 is 9.15 Å². The Morgan fingerprint density at radius 1 is 1.32 bits per heavy atom. The van der Waals surface area contributed by atoms with E-state index >= 15 is 0 Å². The third kappa shape index (κ3) is 3.35. The maximum Gasteiger partial charge on any atom is 0.195 e. The molecular weight excluding hydrogens is 345 g/mol. The van der Waals surface area contributed by atoms with Crippen LogP contribution in [-0.4, -0.2) is 14.8 Å². The summed E-state index contributed by atoms with van der Waals surface area (Å²) in [6.45, 7) is 0.699. The van der Waals surface area contributed by atoms with E-state index < -0.39 is 0 Å². The summed E-state index contributed by atoms with van der Waals surface area (Å²) in [5.74, 6) is 1.96. The highest BCUT2D eigenvalue weighted by molar-refractivity contribution is 7.71. The Balaban J connectivity index is 1.77. The number of benzene rings is 1. The minimum absolute atomic E-state index is 0.217. The molecule has 5 nitrogen and oxygen atoms in total. The molecule has 114 valence electrons. The van der Waals surface area contributed by atoms with Gasteiger partial charge in [0.25, 0.3) is 0 Å². The van der Waals surface area contributed by atoms with Crippen LogP contribution >= 0.6 is 35.4 Å². The van der Waals surface area contributed by atoms with Gasteiger partial charge >= 0.3 is 0 Å². The molecule has 1 N–H and O–H groups in total. The van der Waals surface area contributed by atoms with Crippen LogP contribution in [0.3, 0.4) is 0 Å². The van der Waals surface area contributed by atoms with Crippen molar-refractivity contribution in [2.45, 2.75) is 13.2 Å². The van der Waals surface area contributed by atoms with Crippen molar-refractivity contribution in [3.05, 3.63) is 63.0 Å². The molecule has 0 unspecified atom stereocenters. The van der Waals surface area contributed by atoms with Gasteiger partial charge in [-0.05, 0) is 42.5 Å². The molecule has 0 aliphatic rings. The van der Waals surface area contributed by atoms with Crippen molar-refractivity contribution >= 4 is 35.4 Å². The molecule has 0 bridgehead atoms. The Morgan fingerprint density at radius 2 is 2.18 bits per heavy atom. The number of furan rings is 1. The van der Waals surface area contributed by atoms with Gasteiger partial charge in [-0.15, -0.1) is 0 Å². The first-order valence-electron chi connectivity index (χ1n) is 6.38. The molecule has 3 rings (SSSR count). The van der Waals surface area contributed by atoms with Crippen LogP contribution in [0.2, 0.25) is 10.0 Å². The molecule has 0 spiro atoms. The first kappa shape index (κ1) is 15.1. The van der Waals surface area contributed by atoms with E-state index in [1.165, 1.54) is 0 Å². The smallest absolute Gasteiger partial charge is 0.195 e. The van der Waals surface area contributed by atoms with E-state index in [1.54, 1.807) is 29.0 Å². The van der Waals surface area contributed by atoms with Gasteiger partial charge in [0.2, 0.25) is 0 Å². The average Bonchev–Trinajstić information content (AvgIpc) is 3.11. The highest BCUT2D eigenvalue weighted by atomic mass is 35.5. The zero-order valence-electron chi connectivity index (χ0n) is 11.3. The van der Waals surface area contributed by atoms with Gasteiger partial charge in [0, 0.05) is 5.02 Å². The zero-order chi connectivity index (χ0) is 15.5. The Kier molecular flexibility index (Phi) is 4.52. The number of hydrogen-bond donors (Lipinski definition) is 1. The molecule has 1 aromatic carbocycles. The van der Waals surface area contributed by atoms with Crippen molar-refractivity contribution in [3.63, 3.8) is 0 Å². The van der Waals surface area contributed by atoms with E-state index in [0.29, 0.717) is 32.9 Å². The molecule has 3 aromatic rings. The normalized spacial score (nSPS) is 10.8. The van der Waals surface area contributed by atoms with E-state index in [2.05, 4.69) is 10.2 Å². The van der Waals surface area contributed by atoms with E-state index in [9.17, 15) is 0 Å². The van der Waals surface area contributed by atoms with E-state index in [0.717, 1.165) is 5.76 Å². The lowest BCUT2D eigenvalue weighted by Gasteiger charge is -2.09. The van der Waals surface area contributed by atoms with Gasteiger partial charge in [-0.1, -0.05) is 23.2 Å². The van der Waals surface area contributed by atoms with Crippen molar-refractivity contribution in [2.24, 2.45) is 0 Å². The quantitative estimate of drug-likeness (QED) is 0.686. The molecule has 0 fully saturated rings. The van der Waals surface area contributed by atoms with Crippen LogP contribution < -0.4 is 4.74 Å². The van der Waals surface area contributed by atoms with Crippen LogP contribution in [0, 0.1) is 4.77 Å². The van der Waals surface area contributed by atoms with Crippen LogP contribution in [0.25, 0.3) is 0 Å². The zero-order valence-corrected chi connectivity index (χ0v) is 13.6. The summed E-state index contributed by atoms with van der Waals surface area (Å²) in [4.78, 5) is 0. The standard InChI is InChI=1S/C14H11Cl2N3O2S/c15-9-3-4-12(11(16)6-9)21-8-13-17-18-14(22)19(13)7-10-2-1-5-20-10/h1-6H,7-8H2,(H,18,22). The van der Waals surface area contributed by atoms with Gasteiger partial charge in [-0.25, -0.2) is 0 Å². The third-order valence-corrected chi connectivity index (χ3v) is 3.82. The number of aromatic amines is 1. The van der Waals surface area contributed by atoms with Gasteiger partial charge in [-0.2, -0.15) is 5.10 Å². The average molecular weight is 356 g/mol. The second kappa shape index (κ2) is 6.56. The van der Waals surface area contributed by atoms with Crippen molar-refractivity contribution in [1.29, 1.82) is 0 Å². The predicted molar refractivity (Wildman–Crippen MR) is 86.0 cm³/mol. The predicted octanol–water partition coefficient (Wildman–Crippen LogP) is 4.47. The molecule has 0 aliphatic heterocycles. The number of H-pyrrole nitrogens is 1. The molecule has 0 atom stereocenters. The van der Waals surface area contributed by atoms with Gasteiger partial charge in [0.05, 0.1) is 17.8 Å². The maximum absolute atomic E-state index is 6.08. The molecule has 0 aliphatic carbocycles. The van der Waals surface area contributed by atoms with Crippen LogP contribution in [0.4, 0.5) is 0 Å². The van der Waals surface area contributed by atoms with Crippen molar-refractivity contribution in [3.8, 4) is 5.75 Å². The number of halogens is 2. The van der Waals surface area contributed by atoms with E-state index in [4.69, 9.17) is 44.6 Å². The first-order chi connectivity index (χ1) is 10.6. The topological polar surface area (TPSA) is 56.0 Å². The molecule has 0 radical (unpaired) electrons. The fourth-order valence-electron chi connectivity index (χ4n) is 1.92. The molecular formula is C14H11Cl2N3O2S. The second-order valence-electron chi connectivity index (χ2n) is 4.47. The molecule has 0 saturated carbocycles. The van der Waals surface area contributed by atoms with Crippen LogP contribution in [0.1, 0.15) is 11.6 Å². The van der Waals surface area contributed by atoms with Crippen LogP contribution in [0.5, 0.6) is 5.75 Å². The summed E-state index contributed by atoms with van der Waals surface area (Å²) in [5.41, 5.74) is 0. The van der Waals surface area contributed by atoms with Crippen molar-refractivity contribution in [1.82, 2.24) is 14.8 Å². The number of nitrogens with zero attached hydrogens (tertiary/aromatic N) is 2. The van der Waals surface area contributed by atoms with Gasteiger partial charge < -0.3 is 9.15 Å². The maximum atomic E-state index is 6.08. The summed E-state index contributed by atoms with van der Waals surface area (Å²) in [6.07, 6.45) is 1.61. The summed E-state index contributed by atoms with van der Waals surface area (Å²) in [5, 5.41) is 7.92. The van der Waals surface area contributed by atoms with Crippen LogP contribution in [-0.2, 0) is 13.2 Å². The summed E-state index contributed by atoms with van der Waals surface area (Å²) in [6, 6.07) is 8.74. The minimum atomic E-state index is 0.217. The minimum Gasteiger partial charge on any atom is -0.484 e. The number of hydrogen-bond acceptors (Lipinski definition) is 4. The number of nitrogens with one attached hydrogen (secondary N) is 1. The molecule has 8 heteroatoms. The number of aromatic nitrogens is 3. The third-order valence-electron chi connectivity index (χ3n) is 2.98. The number of rotatable bonds is 5. The summed E-state index contributed by atoms with van der Waals surface area (Å²) >= 11 is 17.2. The fourth-order valence-corrected chi connectivity index (χ4v) is 2.60. The van der Waals surface area contributed by atoms with E-state index in [-0.39, 0.29) is 6.61 Å². The Hall–Kier alpha value is -1.76. The Bertz CT molecular complexity index is 827. The van der Waals surface area contributed by atoms with Gasteiger partial charge in [0.1, 0.15) is 18.1 Å². The Labute approximate surface area is 141 Å². The monoisotopic (exact) mass is 355 g/mol. The Morgan fingerprint density at radius 3 is 2.91 bits per heavy atom. The first-order valence-corrected chi connectivity index (χ1v) is 7.54. The molecule has 2 heterocycles. The van der Waals surface area contributed by atoms with E-state index in [1.807, 2.05) is 12.1 Å². The van der Waals surface area contributed by atoms with Crippen molar-refractivity contribution in [2.75, 3.05) is 0 Å². The summed E-state index contributed by atoms with van der Waals surface area (Å²) in [7, 11) is 0. The highest BCUT2D eigenvalue weighted by Crippen LogP contribution is 2.28. The number of ether oxygens (including phenoxy) is 1. The lowest BCUT2D eigenvalue weighted by molar-refractivity contribution is 0.289. The fraction of sp³-hybridized carbons (Fsp3) is 0.143. The second-order valence-corrected chi connectivity index (χ2v) is 5.70. The van der Waals surface area contributed by atoms with Gasteiger partial charge in [-0.3, -0.25) is 9.67 Å². The summed E-state index contributed by atoms with van der Waals surface area (Å²) < 4.78 is 13.3.